The summed E-state index contributed by atoms with van der Waals surface area (Å²) in [6.07, 6.45) is 5.19. The van der Waals surface area contributed by atoms with E-state index >= 15 is 0 Å². The second-order valence-electron chi connectivity index (χ2n) is 10.2. The van der Waals surface area contributed by atoms with Crippen LogP contribution in [-0.4, -0.2) is 66.4 Å². The molecule has 2 saturated heterocycles. The Balaban J connectivity index is 0.00000253. The van der Waals surface area contributed by atoms with Crippen molar-refractivity contribution in [3.63, 3.8) is 0 Å². The highest BCUT2D eigenvalue weighted by Gasteiger charge is 2.33. The van der Waals surface area contributed by atoms with Crippen LogP contribution in [0.3, 0.4) is 0 Å². The van der Waals surface area contributed by atoms with E-state index < -0.39 is 0 Å². The van der Waals surface area contributed by atoms with Gasteiger partial charge < -0.3 is 19.3 Å². The summed E-state index contributed by atoms with van der Waals surface area (Å²) in [7, 11) is 2.18. The smallest absolute Gasteiger partial charge is 0.270 e. The molecule has 6 nitrogen and oxygen atoms in total. The van der Waals surface area contributed by atoms with Gasteiger partial charge in [0.25, 0.3) is 5.91 Å². The van der Waals surface area contributed by atoms with E-state index in [2.05, 4.69) is 16.8 Å². The van der Waals surface area contributed by atoms with Crippen LogP contribution >= 0.6 is 48.8 Å². The van der Waals surface area contributed by atoms with E-state index in [0.29, 0.717) is 27.3 Å². The third kappa shape index (κ3) is 9.93. The largest absolute Gasteiger partial charge is 0.494 e. The summed E-state index contributed by atoms with van der Waals surface area (Å²) in [5, 5.41) is 0. The molecule has 2 fully saturated rings. The number of likely N-dealkylation sites (N-methyl/N-ethyl adjacent to an activating group) is 1. The first-order valence-electron chi connectivity index (χ1n) is 13.9. The highest BCUT2D eigenvalue weighted by atomic mass is 35.5. The topological polar surface area (TPSA) is 45.2 Å². The molecule has 0 unspecified atom stereocenters. The standard InChI is InChI=1S/C32H34FN3O3S2.2ClH/c1-34-18-20-35(21-19-34)17-3-2-4-22-38-27-15-9-26(10-16-27)36-31(37)30(41-32(36)40)23-24-5-11-28(12-6-24)39-29-13-7-25(33)8-14-29;;/h5-16,23H,2-4,17-22H2,1H3;2*1H/b30-23-;;. The number of hydrogen-bond donors (Lipinski definition) is 0. The number of piperazine rings is 1. The molecule has 3 aromatic carbocycles. The van der Waals surface area contributed by atoms with Crippen LogP contribution in [0.25, 0.3) is 6.08 Å². The fourth-order valence-corrected chi connectivity index (χ4v) is 5.98. The molecule has 1 amide bonds. The van der Waals surface area contributed by atoms with Crippen molar-refractivity contribution in [1.82, 2.24) is 9.80 Å². The first-order valence-corrected chi connectivity index (χ1v) is 15.1. The molecule has 0 saturated carbocycles. The van der Waals surface area contributed by atoms with Gasteiger partial charge in [0, 0.05) is 26.2 Å². The van der Waals surface area contributed by atoms with Crippen molar-refractivity contribution in [2.75, 3.05) is 51.3 Å². The number of benzene rings is 3. The molecule has 0 bridgehead atoms. The number of unbranched alkanes of at least 4 members (excludes halogenated alkanes) is 2. The fraction of sp³-hybridized carbons (Fsp3) is 0.312. The van der Waals surface area contributed by atoms with Crippen molar-refractivity contribution in [1.29, 1.82) is 0 Å². The number of rotatable bonds is 11. The molecule has 0 aliphatic carbocycles. The molecule has 2 heterocycles. The number of thioether (sulfide) groups is 1. The minimum atomic E-state index is -0.313. The van der Waals surface area contributed by atoms with Gasteiger partial charge in [0.2, 0.25) is 0 Å². The van der Waals surface area contributed by atoms with Gasteiger partial charge in [0.05, 0.1) is 17.2 Å². The Morgan fingerprint density at radius 3 is 2.09 bits per heavy atom. The SMILES string of the molecule is CN1CCN(CCCCCOc2ccc(N3C(=O)/C(=C/c4ccc(Oc5ccc(F)cc5)cc4)SC3=S)cc2)CC1.Cl.Cl. The maximum Gasteiger partial charge on any atom is 0.270 e. The fourth-order valence-electron chi connectivity index (χ4n) is 4.68. The van der Waals surface area contributed by atoms with Crippen molar-refractivity contribution >= 4 is 70.8 Å². The molecule has 0 atom stereocenters. The van der Waals surface area contributed by atoms with Crippen LogP contribution < -0.4 is 14.4 Å². The Bertz CT molecular complexity index is 1370. The zero-order chi connectivity index (χ0) is 28.6. The van der Waals surface area contributed by atoms with Crippen LogP contribution in [-0.2, 0) is 4.79 Å². The molecule has 3 aromatic rings. The van der Waals surface area contributed by atoms with Gasteiger partial charge in [0.15, 0.2) is 4.32 Å². The Morgan fingerprint density at radius 2 is 1.44 bits per heavy atom. The number of hydrogen-bond acceptors (Lipinski definition) is 7. The Kier molecular flexibility index (Phi) is 13.8. The molecule has 2 aliphatic rings. The van der Waals surface area contributed by atoms with Crippen molar-refractivity contribution in [3.8, 4) is 17.2 Å². The van der Waals surface area contributed by atoms with Crippen LogP contribution in [0.5, 0.6) is 17.2 Å². The second-order valence-corrected chi connectivity index (χ2v) is 11.9. The summed E-state index contributed by atoms with van der Waals surface area (Å²) in [5.41, 5.74) is 1.57. The summed E-state index contributed by atoms with van der Waals surface area (Å²) in [5.74, 6) is 1.49. The molecule has 230 valence electrons. The van der Waals surface area contributed by atoms with Crippen LogP contribution in [0.4, 0.5) is 10.1 Å². The highest BCUT2D eigenvalue weighted by molar-refractivity contribution is 8.27. The molecule has 43 heavy (non-hydrogen) atoms. The van der Waals surface area contributed by atoms with Crippen LogP contribution in [0.2, 0.25) is 0 Å². The predicted octanol–water partition coefficient (Wildman–Crippen LogP) is 7.66. The van der Waals surface area contributed by atoms with E-state index in [9.17, 15) is 9.18 Å². The summed E-state index contributed by atoms with van der Waals surface area (Å²) in [6, 6.07) is 20.7. The third-order valence-electron chi connectivity index (χ3n) is 7.10. The lowest BCUT2D eigenvalue weighted by molar-refractivity contribution is -0.113. The summed E-state index contributed by atoms with van der Waals surface area (Å²) in [6.45, 7) is 6.50. The summed E-state index contributed by atoms with van der Waals surface area (Å²) >= 11 is 6.82. The maximum atomic E-state index is 13.2. The van der Waals surface area contributed by atoms with Crippen molar-refractivity contribution < 1.29 is 18.7 Å². The van der Waals surface area contributed by atoms with E-state index in [4.69, 9.17) is 21.7 Å². The van der Waals surface area contributed by atoms with Crippen molar-refractivity contribution in [2.24, 2.45) is 0 Å². The molecule has 5 rings (SSSR count). The number of halogens is 3. The number of ether oxygens (including phenoxy) is 2. The Morgan fingerprint density at radius 1 is 0.837 bits per heavy atom. The van der Waals surface area contributed by atoms with E-state index in [1.807, 2.05) is 54.6 Å². The molecule has 0 N–H and O–H groups in total. The Labute approximate surface area is 275 Å². The number of carbonyl (C=O) groups excluding carboxylic acids is 1. The zero-order valence-corrected chi connectivity index (χ0v) is 27.2. The lowest BCUT2D eigenvalue weighted by Gasteiger charge is -2.32. The summed E-state index contributed by atoms with van der Waals surface area (Å²) in [4.78, 5) is 20.2. The average molecular weight is 665 g/mol. The van der Waals surface area contributed by atoms with Gasteiger partial charge in [-0.2, -0.15) is 0 Å². The third-order valence-corrected chi connectivity index (χ3v) is 8.40. The van der Waals surface area contributed by atoms with E-state index in [0.717, 1.165) is 49.5 Å². The number of anilines is 1. The van der Waals surface area contributed by atoms with Gasteiger partial charge in [-0.25, -0.2) is 4.39 Å². The molecule has 11 heteroatoms. The Hall–Kier alpha value is -2.66. The lowest BCUT2D eigenvalue weighted by Crippen LogP contribution is -2.44. The predicted molar refractivity (Wildman–Crippen MR) is 183 cm³/mol. The second kappa shape index (κ2) is 17.0. The van der Waals surface area contributed by atoms with E-state index in [-0.39, 0.29) is 36.5 Å². The van der Waals surface area contributed by atoms with Crippen LogP contribution in [0.1, 0.15) is 24.8 Å². The number of amides is 1. The minimum absolute atomic E-state index is 0. The number of thiocarbonyl (C=S) groups is 1. The van der Waals surface area contributed by atoms with E-state index in [1.165, 1.54) is 43.4 Å². The molecule has 0 aromatic heterocycles. The van der Waals surface area contributed by atoms with Gasteiger partial charge in [-0.15, -0.1) is 24.8 Å². The molecule has 0 radical (unpaired) electrons. The summed E-state index contributed by atoms with van der Waals surface area (Å²) < 4.78 is 25.3. The normalized spacial score (nSPS) is 16.6. The van der Waals surface area contributed by atoms with Gasteiger partial charge in [0.1, 0.15) is 23.1 Å². The highest BCUT2D eigenvalue weighted by Crippen LogP contribution is 2.36. The first-order chi connectivity index (χ1) is 19.9. The van der Waals surface area contributed by atoms with Crippen molar-refractivity contribution in [3.05, 3.63) is 89.1 Å². The van der Waals surface area contributed by atoms with Gasteiger partial charge in [-0.05, 0) is 105 Å². The maximum absolute atomic E-state index is 13.2. The van der Waals surface area contributed by atoms with E-state index in [1.54, 1.807) is 17.0 Å². The van der Waals surface area contributed by atoms with Gasteiger partial charge in [-0.3, -0.25) is 9.69 Å². The molecular formula is C32H36Cl2FN3O3S2. The zero-order valence-electron chi connectivity index (χ0n) is 23.9. The average Bonchev–Trinajstić information content (AvgIpc) is 3.26. The molecular weight excluding hydrogens is 628 g/mol. The first kappa shape index (κ1) is 34.8. The van der Waals surface area contributed by atoms with Crippen LogP contribution in [0, 0.1) is 5.82 Å². The quantitative estimate of drug-likeness (QED) is 0.119. The van der Waals surface area contributed by atoms with Gasteiger partial charge in [-0.1, -0.05) is 36.1 Å². The number of carbonyl (C=O) groups is 1. The van der Waals surface area contributed by atoms with Gasteiger partial charge >= 0.3 is 0 Å². The molecule has 2 aliphatic heterocycles. The minimum Gasteiger partial charge on any atom is -0.494 e. The number of nitrogens with zero attached hydrogens (tertiary/aromatic N) is 3. The monoisotopic (exact) mass is 663 g/mol. The van der Waals surface area contributed by atoms with Crippen LogP contribution in [0.15, 0.2) is 77.7 Å². The molecule has 0 spiro atoms. The lowest BCUT2D eigenvalue weighted by atomic mass is 10.2. The van der Waals surface area contributed by atoms with Crippen molar-refractivity contribution in [2.45, 2.75) is 19.3 Å².